The second-order valence-corrected chi connectivity index (χ2v) is 8.55. The standard InChI is InChI=1S/C19H20ClNOS/c1-19(2,23-17-9-7-15(20)8-10-17)18(22)21-16-11-13-5-3-4-6-14(13)12-16/h3-10,16H,11-12H2,1-2H3,(H,21,22). The normalized spacial score (nSPS) is 14.6. The van der Waals surface area contributed by atoms with Crippen LogP contribution in [0.25, 0.3) is 0 Å². The van der Waals surface area contributed by atoms with Crippen LogP contribution in [0.1, 0.15) is 25.0 Å². The number of hydrogen-bond donors (Lipinski definition) is 1. The summed E-state index contributed by atoms with van der Waals surface area (Å²) >= 11 is 7.47. The molecule has 2 aromatic rings. The van der Waals surface area contributed by atoms with Crippen molar-refractivity contribution in [3.63, 3.8) is 0 Å². The number of carbonyl (C=O) groups excluding carboxylic acids is 1. The summed E-state index contributed by atoms with van der Waals surface area (Å²) in [5.74, 6) is 0.0789. The number of fused-ring (bicyclic) bond motifs is 1. The summed E-state index contributed by atoms with van der Waals surface area (Å²) in [6, 6.07) is 16.2. The average molecular weight is 346 g/mol. The van der Waals surface area contributed by atoms with Crippen molar-refractivity contribution in [3.8, 4) is 0 Å². The van der Waals surface area contributed by atoms with Crippen LogP contribution in [0.5, 0.6) is 0 Å². The van der Waals surface area contributed by atoms with Crippen molar-refractivity contribution >= 4 is 29.3 Å². The Morgan fingerprint density at radius 2 is 1.65 bits per heavy atom. The Morgan fingerprint density at radius 1 is 1.09 bits per heavy atom. The molecule has 2 nitrogen and oxygen atoms in total. The van der Waals surface area contributed by atoms with Crippen LogP contribution in [0, 0.1) is 0 Å². The third-order valence-electron chi connectivity index (χ3n) is 4.12. The lowest BCUT2D eigenvalue weighted by Gasteiger charge is -2.25. The summed E-state index contributed by atoms with van der Waals surface area (Å²) in [7, 11) is 0. The van der Waals surface area contributed by atoms with E-state index in [-0.39, 0.29) is 11.9 Å². The molecule has 0 saturated carbocycles. The Balaban J connectivity index is 1.62. The predicted octanol–water partition coefficient (Wildman–Crippen LogP) is 4.49. The maximum absolute atomic E-state index is 12.7. The van der Waals surface area contributed by atoms with Gasteiger partial charge in [-0.25, -0.2) is 0 Å². The largest absolute Gasteiger partial charge is 0.352 e. The van der Waals surface area contributed by atoms with Crippen molar-refractivity contribution in [1.82, 2.24) is 5.32 Å². The Hall–Kier alpha value is -1.45. The van der Waals surface area contributed by atoms with E-state index >= 15 is 0 Å². The van der Waals surface area contributed by atoms with Crippen molar-refractivity contribution in [1.29, 1.82) is 0 Å². The lowest BCUT2D eigenvalue weighted by Crippen LogP contribution is -2.45. The van der Waals surface area contributed by atoms with E-state index in [2.05, 4.69) is 29.6 Å². The molecule has 0 spiro atoms. The smallest absolute Gasteiger partial charge is 0.236 e. The van der Waals surface area contributed by atoms with Crippen molar-refractivity contribution < 1.29 is 4.79 Å². The molecule has 120 valence electrons. The monoisotopic (exact) mass is 345 g/mol. The fourth-order valence-corrected chi connectivity index (χ4v) is 4.00. The Bertz CT molecular complexity index is 687. The fraction of sp³-hybridized carbons (Fsp3) is 0.316. The molecule has 0 aromatic heterocycles. The van der Waals surface area contributed by atoms with Gasteiger partial charge in [-0.1, -0.05) is 35.9 Å². The second kappa shape index (κ2) is 6.58. The highest BCUT2D eigenvalue weighted by molar-refractivity contribution is 8.01. The minimum Gasteiger partial charge on any atom is -0.352 e. The Kier molecular flexibility index (Phi) is 4.69. The van der Waals surface area contributed by atoms with E-state index in [1.165, 1.54) is 11.1 Å². The molecular weight excluding hydrogens is 326 g/mol. The quantitative estimate of drug-likeness (QED) is 0.827. The third kappa shape index (κ3) is 3.91. The van der Waals surface area contributed by atoms with Gasteiger partial charge in [0, 0.05) is 16.0 Å². The number of thioether (sulfide) groups is 1. The van der Waals surface area contributed by atoms with Gasteiger partial charge in [0.05, 0.1) is 4.75 Å². The molecule has 23 heavy (non-hydrogen) atoms. The molecule has 0 heterocycles. The van der Waals surface area contributed by atoms with Crippen LogP contribution in [0.15, 0.2) is 53.4 Å². The van der Waals surface area contributed by atoms with E-state index in [1.54, 1.807) is 11.8 Å². The van der Waals surface area contributed by atoms with E-state index in [4.69, 9.17) is 11.6 Å². The zero-order valence-electron chi connectivity index (χ0n) is 13.3. The zero-order valence-corrected chi connectivity index (χ0v) is 14.9. The number of benzene rings is 2. The topological polar surface area (TPSA) is 29.1 Å². The average Bonchev–Trinajstić information content (AvgIpc) is 2.91. The molecule has 4 heteroatoms. The lowest BCUT2D eigenvalue weighted by atomic mass is 10.1. The number of rotatable bonds is 4. The summed E-state index contributed by atoms with van der Waals surface area (Å²) < 4.78 is -0.525. The molecule has 1 N–H and O–H groups in total. The molecule has 2 aromatic carbocycles. The molecule has 1 aliphatic carbocycles. The molecule has 0 saturated heterocycles. The zero-order chi connectivity index (χ0) is 16.4. The van der Waals surface area contributed by atoms with E-state index in [9.17, 15) is 4.79 Å². The lowest BCUT2D eigenvalue weighted by molar-refractivity contribution is -0.123. The van der Waals surface area contributed by atoms with Gasteiger partial charge in [0.15, 0.2) is 0 Å². The predicted molar refractivity (Wildman–Crippen MR) is 97.2 cm³/mol. The SMILES string of the molecule is CC(C)(Sc1ccc(Cl)cc1)C(=O)NC1Cc2ccccc2C1. The molecule has 0 fully saturated rings. The highest BCUT2D eigenvalue weighted by Gasteiger charge is 2.32. The molecule has 0 bridgehead atoms. The van der Waals surface area contributed by atoms with E-state index in [0.29, 0.717) is 5.02 Å². The molecular formula is C19H20ClNOS. The summed E-state index contributed by atoms with van der Waals surface area (Å²) in [6.07, 6.45) is 1.84. The number of amides is 1. The third-order valence-corrected chi connectivity index (χ3v) is 5.58. The van der Waals surface area contributed by atoms with Gasteiger partial charge in [-0.15, -0.1) is 11.8 Å². The first kappa shape index (κ1) is 16.4. The summed E-state index contributed by atoms with van der Waals surface area (Å²) in [6.45, 7) is 3.92. The van der Waals surface area contributed by atoms with Gasteiger partial charge in [0.1, 0.15) is 0 Å². The van der Waals surface area contributed by atoms with Crippen molar-refractivity contribution in [2.45, 2.75) is 42.4 Å². The highest BCUT2D eigenvalue weighted by Crippen LogP contribution is 2.33. The number of hydrogen-bond acceptors (Lipinski definition) is 2. The molecule has 0 radical (unpaired) electrons. The molecule has 0 aliphatic heterocycles. The summed E-state index contributed by atoms with van der Waals surface area (Å²) in [5, 5.41) is 3.92. The first-order valence-corrected chi connectivity index (χ1v) is 8.96. The molecule has 3 rings (SSSR count). The van der Waals surface area contributed by atoms with Gasteiger partial charge in [0.2, 0.25) is 5.91 Å². The first-order valence-electron chi connectivity index (χ1n) is 7.76. The van der Waals surface area contributed by atoms with Crippen LogP contribution in [0.4, 0.5) is 0 Å². The Labute approximate surface area is 146 Å². The van der Waals surface area contributed by atoms with E-state index in [1.807, 2.05) is 38.1 Å². The summed E-state index contributed by atoms with van der Waals surface area (Å²) in [5.41, 5.74) is 2.70. The minimum atomic E-state index is -0.525. The van der Waals surface area contributed by atoms with Crippen LogP contribution in [-0.2, 0) is 17.6 Å². The molecule has 0 unspecified atom stereocenters. The van der Waals surface area contributed by atoms with Crippen molar-refractivity contribution in [2.24, 2.45) is 0 Å². The van der Waals surface area contributed by atoms with Gasteiger partial charge in [-0.05, 0) is 62.1 Å². The molecule has 0 atom stereocenters. The van der Waals surface area contributed by atoms with Gasteiger partial charge >= 0.3 is 0 Å². The first-order chi connectivity index (χ1) is 10.9. The van der Waals surface area contributed by atoms with Crippen LogP contribution < -0.4 is 5.32 Å². The van der Waals surface area contributed by atoms with E-state index < -0.39 is 4.75 Å². The fourth-order valence-electron chi connectivity index (χ4n) is 2.86. The van der Waals surface area contributed by atoms with Gasteiger partial charge < -0.3 is 5.32 Å². The minimum absolute atomic E-state index is 0.0789. The van der Waals surface area contributed by atoms with E-state index in [0.717, 1.165) is 17.7 Å². The van der Waals surface area contributed by atoms with Crippen LogP contribution in [0.3, 0.4) is 0 Å². The maximum atomic E-state index is 12.7. The number of carbonyl (C=O) groups is 1. The van der Waals surface area contributed by atoms with Crippen LogP contribution >= 0.6 is 23.4 Å². The summed E-state index contributed by atoms with van der Waals surface area (Å²) in [4.78, 5) is 13.7. The highest BCUT2D eigenvalue weighted by atomic mass is 35.5. The maximum Gasteiger partial charge on any atom is 0.236 e. The van der Waals surface area contributed by atoms with Gasteiger partial charge in [-0.2, -0.15) is 0 Å². The number of halogens is 1. The number of nitrogens with one attached hydrogen (secondary N) is 1. The van der Waals surface area contributed by atoms with Crippen molar-refractivity contribution in [2.75, 3.05) is 0 Å². The van der Waals surface area contributed by atoms with Crippen molar-refractivity contribution in [3.05, 3.63) is 64.7 Å². The molecule has 1 aliphatic rings. The second-order valence-electron chi connectivity index (χ2n) is 6.41. The Morgan fingerprint density at radius 3 is 2.22 bits per heavy atom. The van der Waals surface area contributed by atoms with Crippen LogP contribution in [0.2, 0.25) is 5.02 Å². The van der Waals surface area contributed by atoms with Gasteiger partial charge in [-0.3, -0.25) is 4.79 Å². The van der Waals surface area contributed by atoms with Gasteiger partial charge in [0.25, 0.3) is 0 Å². The molecule has 1 amide bonds. The van der Waals surface area contributed by atoms with Crippen LogP contribution in [-0.4, -0.2) is 16.7 Å².